The van der Waals surface area contributed by atoms with Gasteiger partial charge in [-0.3, -0.25) is 9.59 Å². The second-order valence-corrected chi connectivity index (χ2v) is 6.42. The van der Waals surface area contributed by atoms with E-state index in [-0.39, 0.29) is 16.9 Å². The van der Waals surface area contributed by atoms with E-state index in [1.165, 1.54) is 18.7 Å². The molecule has 1 saturated heterocycles. The summed E-state index contributed by atoms with van der Waals surface area (Å²) in [6, 6.07) is 3.54. The molecule has 2 N–H and O–H groups in total. The minimum absolute atomic E-state index is 0.0324. The lowest BCUT2D eigenvalue weighted by molar-refractivity contribution is -0.117. The predicted octanol–water partition coefficient (Wildman–Crippen LogP) is 2.06. The molecule has 0 aliphatic carbocycles. The number of hydrogen-bond donors (Lipinski definition) is 1. The molecule has 2 heterocycles. The Balaban J connectivity index is 2.09. The summed E-state index contributed by atoms with van der Waals surface area (Å²) >= 11 is 4.50. The lowest BCUT2D eigenvalue weighted by Crippen LogP contribution is -2.26. The standard InChI is InChI=1S/C12H14BrN3O2S/c1-7(17)19-6-8-4-11(18)16(5-8)9-2-3-10(13)15-12(9)14/h2-3,8H,4-6H2,1H3,(H2,14,15). The summed E-state index contributed by atoms with van der Waals surface area (Å²) in [6.45, 7) is 2.13. The maximum Gasteiger partial charge on any atom is 0.227 e. The molecule has 2 rings (SSSR count). The van der Waals surface area contributed by atoms with E-state index in [1.807, 2.05) is 0 Å². The van der Waals surface area contributed by atoms with Crippen LogP contribution in [0.25, 0.3) is 0 Å². The molecule has 0 saturated carbocycles. The van der Waals surface area contributed by atoms with Crippen LogP contribution in [0.1, 0.15) is 13.3 Å². The van der Waals surface area contributed by atoms with Gasteiger partial charge in [-0.15, -0.1) is 0 Å². The molecular weight excluding hydrogens is 330 g/mol. The number of nitrogen functional groups attached to an aromatic ring is 1. The zero-order chi connectivity index (χ0) is 14.0. The number of hydrogen-bond acceptors (Lipinski definition) is 5. The second kappa shape index (κ2) is 5.92. The molecular formula is C12H14BrN3O2S. The molecule has 0 spiro atoms. The summed E-state index contributed by atoms with van der Waals surface area (Å²) in [6.07, 6.45) is 0.454. The van der Waals surface area contributed by atoms with Crippen molar-refractivity contribution in [2.75, 3.05) is 22.9 Å². The fourth-order valence-electron chi connectivity index (χ4n) is 2.03. The fraction of sp³-hybridized carbons (Fsp3) is 0.417. The van der Waals surface area contributed by atoms with Crippen molar-refractivity contribution in [3.8, 4) is 0 Å². The molecule has 0 aromatic carbocycles. The Hall–Kier alpha value is -1.08. The molecule has 102 valence electrons. The highest BCUT2D eigenvalue weighted by Gasteiger charge is 2.32. The van der Waals surface area contributed by atoms with Crippen molar-refractivity contribution in [2.45, 2.75) is 13.3 Å². The average molecular weight is 344 g/mol. The molecule has 1 aromatic rings. The Bertz CT molecular complexity index is 524. The largest absolute Gasteiger partial charge is 0.382 e. The fourth-order valence-corrected chi connectivity index (χ4v) is 3.05. The molecule has 1 atom stereocenters. The summed E-state index contributed by atoms with van der Waals surface area (Å²) < 4.78 is 0.643. The minimum Gasteiger partial charge on any atom is -0.382 e. The number of rotatable bonds is 3. The topological polar surface area (TPSA) is 76.3 Å². The van der Waals surface area contributed by atoms with Crippen LogP contribution in [0.3, 0.4) is 0 Å². The summed E-state index contributed by atoms with van der Waals surface area (Å²) in [5.74, 6) is 1.22. The van der Waals surface area contributed by atoms with Crippen LogP contribution >= 0.6 is 27.7 Å². The van der Waals surface area contributed by atoms with E-state index in [2.05, 4.69) is 20.9 Å². The van der Waals surface area contributed by atoms with Gasteiger partial charge in [-0.2, -0.15) is 0 Å². The number of thioether (sulfide) groups is 1. The van der Waals surface area contributed by atoms with Crippen molar-refractivity contribution in [3.63, 3.8) is 0 Å². The van der Waals surface area contributed by atoms with E-state index in [0.29, 0.717) is 34.8 Å². The molecule has 0 bridgehead atoms. The Kier molecular flexibility index (Phi) is 4.46. The van der Waals surface area contributed by atoms with Gasteiger partial charge in [-0.25, -0.2) is 4.98 Å². The Morgan fingerprint density at radius 1 is 1.63 bits per heavy atom. The van der Waals surface area contributed by atoms with E-state index in [4.69, 9.17) is 5.73 Å². The normalized spacial score (nSPS) is 18.9. The number of nitrogens with two attached hydrogens (primary N) is 1. The quantitative estimate of drug-likeness (QED) is 0.850. The zero-order valence-electron chi connectivity index (χ0n) is 10.4. The third kappa shape index (κ3) is 3.48. The molecule has 1 fully saturated rings. The van der Waals surface area contributed by atoms with Crippen LogP contribution in [0, 0.1) is 5.92 Å². The van der Waals surface area contributed by atoms with Gasteiger partial charge in [0.25, 0.3) is 0 Å². The molecule has 19 heavy (non-hydrogen) atoms. The average Bonchev–Trinajstić information content (AvgIpc) is 2.68. The number of carbonyl (C=O) groups excluding carboxylic acids is 2. The van der Waals surface area contributed by atoms with Gasteiger partial charge in [-0.1, -0.05) is 11.8 Å². The van der Waals surface area contributed by atoms with Gasteiger partial charge in [0, 0.05) is 25.6 Å². The number of anilines is 2. The lowest BCUT2D eigenvalue weighted by Gasteiger charge is -2.18. The van der Waals surface area contributed by atoms with Gasteiger partial charge in [0.05, 0.1) is 5.69 Å². The first kappa shape index (κ1) is 14.3. The number of nitrogens with zero attached hydrogens (tertiary/aromatic N) is 2. The first-order valence-electron chi connectivity index (χ1n) is 5.83. The molecule has 1 amide bonds. The monoisotopic (exact) mass is 343 g/mol. The van der Waals surface area contributed by atoms with E-state index in [0.717, 1.165) is 0 Å². The van der Waals surface area contributed by atoms with Crippen molar-refractivity contribution in [2.24, 2.45) is 5.92 Å². The summed E-state index contributed by atoms with van der Waals surface area (Å²) in [7, 11) is 0. The number of aromatic nitrogens is 1. The summed E-state index contributed by atoms with van der Waals surface area (Å²) in [4.78, 5) is 28.7. The van der Waals surface area contributed by atoms with Crippen molar-refractivity contribution in [1.82, 2.24) is 4.98 Å². The second-order valence-electron chi connectivity index (χ2n) is 4.42. The SMILES string of the molecule is CC(=O)SCC1CC(=O)N(c2ccc(Br)nc2N)C1. The van der Waals surface area contributed by atoms with Crippen molar-refractivity contribution in [1.29, 1.82) is 0 Å². The Morgan fingerprint density at radius 2 is 2.37 bits per heavy atom. The number of pyridine rings is 1. The number of halogens is 1. The molecule has 1 unspecified atom stereocenters. The molecule has 7 heteroatoms. The van der Waals surface area contributed by atoms with Gasteiger partial charge in [-0.05, 0) is 34.0 Å². The lowest BCUT2D eigenvalue weighted by atomic mass is 10.1. The van der Waals surface area contributed by atoms with Crippen LogP contribution in [-0.4, -0.2) is 28.3 Å². The first-order chi connectivity index (χ1) is 8.97. The molecule has 1 aliphatic rings. The zero-order valence-corrected chi connectivity index (χ0v) is 12.8. The van der Waals surface area contributed by atoms with Gasteiger partial charge < -0.3 is 10.6 Å². The van der Waals surface area contributed by atoms with Crippen molar-refractivity contribution >= 4 is 50.2 Å². The predicted molar refractivity (Wildman–Crippen MR) is 79.9 cm³/mol. The number of carbonyl (C=O) groups is 2. The molecule has 0 radical (unpaired) electrons. The highest BCUT2D eigenvalue weighted by Crippen LogP contribution is 2.31. The third-order valence-corrected chi connectivity index (χ3v) is 4.37. The van der Waals surface area contributed by atoms with Crippen LogP contribution in [0.4, 0.5) is 11.5 Å². The molecule has 1 aliphatic heterocycles. The van der Waals surface area contributed by atoms with E-state index < -0.39 is 0 Å². The van der Waals surface area contributed by atoms with Crippen LogP contribution in [0.15, 0.2) is 16.7 Å². The third-order valence-electron chi connectivity index (χ3n) is 2.89. The Labute approximate surface area is 124 Å². The van der Waals surface area contributed by atoms with Gasteiger partial charge >= 0.3 is 0 Å². The maximum absolute atomic E-state index is 12.0. The smallest absolute Gasteiger partial charge is 0.227 e. The van der Waals surface area contributed by atoms with E-state index in [1.54, 1.807) is 17.0 Å². The maximum atomic E-state index is 12.0. The van der Waals surface area contributed by atoms with Crippen LogP contribution < -0.4 is 10.6 Å². The number of amides is 1. The highest BCUT2D eigenvalue weighted by atomic mass is 79.9. The van der Waals surface area contributed by atoms with Gasteiger partial charge in [0.15, 0.2) is 5.12 Å². The van der Waals surface area contributed by atoms with Crippen LogP contribution in [-0.2, 0) is 9.59 Å². The highest BCUT2D eigenvalue weighted by molar-refractivity contribution is 9.10. The Morgan fingerprint density at radius 3 is 3.00 bits per heavy atom. The summed E-state index contributed by atoms with van der Waals surface area (Å²) in [5, 5.41) is 0.0794. The molecule has 1 aromatic heterocycles. The minimum atomic E-state index is 0.0324. The summed E-state index contributed by atoms with van der Waals surface area (Å²) in [5.41, 5.74) is 6.48. The molecule has 5 nitrogen and oxygen atoms in total. The van der Waals surface area contributed by atoms with E-state index in [9.17, 15) is 9.59 Å². The first-order valence-corrected chi connectivity index (χ1v) is 7.61. The van der Waals surface area contributed by atoms with E-state index >= 15 is 0 Å². The van der Waals surface area contributed by atoms with Crippen molar-refractivity contribution in [3.05, 3.63) is 16.7 Å². The van der Waals surface area contributed by atoms with Gasteiger partial charge in [0.2, 0.25) is 5.91 Å². The van der Waals surface area contributed by atoms with Crippen LogP contribution in [0.2, 0.25) is 0 Å². The van der Waals surface area contributed by atoms with Crippen molar-refractivity contribution < 1.29 is 9.59 Å². The van der Waals surface area contributed by atoms with Crippen LogP contribution in [0.5, 0.6) is 0 Å². The van der Waals surface area contributed by atoms with Gasteiger partial charge in [0.1, 0.15) is 10.4 Å².